The Morgan fingerprint density at radius 3 is 2.55 bits per heavy atom. The summed E-state index contributed by atoms with van der Waals surface area (Å²) in [5, 5.41) is 2.85. The van der Waals surface area contributed by atoms with Crippen LogP contribution in [0, 0.1) is 20.8 Å². The molecule has 0 radical (unpaired) electrons. The van der Waals surface area contributed by atoms with Crippen molar-refractivity contribution < 1.29 is 9.53 Å². The van der Waals surface area contributed by atoms with E-state index >= 15 is 0 Å². The Balaban J connectivity index is 1.73. The van der Waals surface area contributed by atoms with Crippen molar-refractivity contribution in [1.29, 1.82) is 0 Å². The fourth-order valence-corrected chi connectivity index (χ4v) is 2.25. The Bertz CT molecular complexity index is 633. The molecule has 0 unspecified atom stereocenters. The minimum absolute atomic E-state index is 0.0346. The third-order valence-corrected chi connectivity index (χ3v) is 3.21. The molecule has 0 saturated carbocycles. The summed E-state index contributed by atoms with van der Waals surface area (Å²) in [5.41, 5.74) is 4.13. The Morgan fingerprint density at radius 2 is 1.86 bits per heavy atom. The number of rotatable bonds is 6. The number of hydrogen-bond acceptors (Lipinski definition) is 3. The standard InChI is InChI=1S/C18H22N2O2/c1-13-9-14(2)11-17(10-13)22-8-7-18(21)19-12-16-6-4-5-15(3)20-16/h4-6,9-11H,7-8,12H2,1-3H3,(H,19,21). The predicted octanol–water partition coefficient (Wildman–Crippen LogP) is 3.09. The number of aryl methyl sites for hydroxylation is 3. The number of carbonyl (C=O) groups excluding carboxylic acids is 1. The molecule has 1 N–H and O–H groups in total. The molecule has 4 nitrogen and oxygen atoms in total. The van der Waals surface area contributed by atoms with E-state index in [2.05, 4.69) is 16.4 Å². The lowest BCUT2D eigenvalue weighted by molar-refractivity contribution is -0.121. The molecule has 116 valence electrons. The number of benzene rings is 1. The molecule has 1 amide bonds. The van der Waals surface area contributed by atoms with Gasteiger partial charge in [-0.15, -0.1) is 0 Å². The molecule has 0 spiro atoms. The zero-order chi connectivity index (χ0) is 15.9. The minimum Gasteiger partial charge on any atom is -0.493 e. The van der Waals surface area contributed by atoms with Crippen LogP contribution in [-0.4, -0.2) is 17.5 Å². The first kappa shape index (κ1) is 16.0. The fraction of sp³-hybridized carbons (Fsp3) is 0.333. The molecule has 0 atom stereocenters. The van der Waals surface area contributed by atoms with Gasteiger partial charge < -0.3 is 10.1 Å². The lowest BCUT2D eigenvalue weighted by Crippen LogP contribution is -2.24. The van der Waals surface area contributed by atoms with Crippen LogP contribution in [0.3, 0.4) is 0 Å². The summed E-state index contributed by atoms with van der Waals surface area (Å²) in [4.78, 5) is 16.2. The average Bonchev–Trinajstić information content (AvgIpc) is 2.44. The molecule has 0 saturated heterocycles. The van der Waals surface area contributed by atoms with Crippen molar-refractivity contribution in [2.45, 2.75) is 33.7 Å². The van der Waals surface area contributed by atoms with E-state index in [1.165, 1.54) is 0 Å². The zero-order valence-corrected chi connectivity index (χ0v) is 13.3. The van der Waals surface area contributed by atoms with Gasteiger partial charge in [-0.1, -0.05) is 12.1 Å². The van der Waals surface area contributed by atoms with E-state index in [0.29, 0.717) is 19.6 Å². The normalized spacial score (nSPS) is 10.3. The number of carbonyl (C=O) groups is 1. The summed E-state index contributed by atoms with van der Waals surface area (Å²) in [5.74, 6) is 0.776. The zero-order valence-electron chi connectivity index (χ0n) is 13.3. The third kappa shape index (κ3) is 5.20. The van der Waals surface area contributed by atoms with Crippen LogP contribution in [0.15, 0.2) is 36.4 Å². The highest BCUT2D eigenvalue weighted by atomic mass is 16.5. The monoisotopic (exact) mass is 298 g/mol. The van der Waals surface area contributed by atoms with Gasteiger partial charge in [0, 0.05) is 5.69 Å². The lowest BCUT2D eigenvalue weighted by Gasteiger charge is -2.09. The highest BCUT2D eigenvalue weighted by Crippen LogP contribution is 2.16. The maximum absolute atomic E-state index is 11.8. The summed E-state index contributed by atoms with van der Waals surface area (Å²) >= 11 is 0. The largest absolute Gasteiger partial charge is 0.493 e. The number of pyridine rings is 1. The predicted molar refractivity (Wildman–Crippen MR) is 86.8 cm³/mol. The average molecular weight is 298 g/mol. The second-order valence-electron chi connectivity index (χ2n) is 5.47. The molecular formula is C18H22N2O2. The van der Waals surface area contributed by atoms with Gasteiger partial charge in [0.05, 0.1) is 25.3 Å². The summed E-state index contributed by atoms with van der Waals surface area (Å²) in [6.07, 6.45) is 0.332. The summed E-state index contributed by atoms with van der Waals surface area (Å²) < 4.78 is 5.63. The van der Waals surface area contributed by atoms with Crippen LogP contribution in [0.25, 0.3) is 0 Å². The van der Waals surface area contributed by atoms with E-state index in [0.717, 1.165) is 28.3 Å². The fourth-order valence-electron chi connectivity index (χ4n) is 2.25. The van der Waals surface area contributed by atoms with Gasteiger partial charge in [-0.25, -0.2) is 0 Å². The van der Waals surface area contributed by atoms with E-state index in [-0.39, 0.29) is 5.91 Å². The van der Waals surface area contributed by atoms with Crippen LogP contribution in [-0.2, 0) is 11.3 Å². The van der Waals surface area contributed by atoms with Crippen LogP contribution in [0.1, 0.15) is 28.9 Å². The van der Waals surface area contributed by atoms with Crippen molar-refractivity contribution in [1.82, 2.24) is 10.3 Å². The molecule has 2 aromatic rings. The van der Waals surface area contributed by atoms with Crippen molar-refractivity contribution in [2.75, 3.05) is 6.61 Å². The molecule has 1 heterocycles. The molecular weight excluding hydrogens is 276 g/mol. The summed E-state index contributed by atoms with van der Waals surface area (Å²) in [6, 6.07) is 11.8. The molecule has 0 aliphatic carbocycles. The minimum atomic E-state index is -0.0346. The molecule has 4 heteroatoms. The van der Waals surface area contributed by atoms with Gasteiger partial charge in [0.25, 0.3) is 0 Å². The van der Waals surface area contributed by atoms with Crippen molar-refractivity contribution in [3.63, 3.8) is 0 Å². The Hall–Kier alpha value is -2.36. The number of nitrogens with one attached hydrogen (secondary N) is 1. The third-order valence-electron chi connectivity index (χ3n) is 3.21. The Morgan fingerprint density at radius 1 is 1.14 bits per heavy atom. The summed E-state index contributed by atoms with van der Waals surface area (Å²) in [6.45, 7) is 6.81. The van der Waals surface area contributed by atoms with Crippen LogP contribution >= 0.6 is 0 Å². The molecule has 0 aliphatic rings. The molecule has 1 aromatic carbocycles. The van der Waals surface area contributed by atoms with Gasteiger partial charge in [0.2, 0.25) is 5.91 Å². The van der Waals surface area contributed by atoms with Crippen molar-refractivity contribution in [3.8, 4) is 5.75 Å². The first-order valence-corrected chi connectivity index (χ1v) is 7.43. The maximum atomic E-state index is 11.8. The Labute approximate surface area is 131 Å². The summed E-state index contributed by atoms with van der Waals surface area (Å²) in [7, 11) is 0. The van der Waals surface area contributed by atoms with E-state index < -0.39 is 0 Å². The number of hydrogen-bond donors (Lipinski definition) is 1. The van der Waals surface area contributed by atoms with Gasteiger partial charge in [-0.05, 0) is 56.2 Å². The number of aromatic nitrogens is 1. The molecule has 0 fully saturated rings. The van der Waals surface area contributed by atoms with E-state index in [1.54, 1.807) is 0 Å². The van der Waals surface area contributed by atoms with Gasteiger partial charge >= 0.3 is 0 Å². The number of amides is 1. The van der Waals surface area contributed by atoms with Crippen LogP contribution in [0.4, 0.5) is 0 Å². The molecule has 22 heavy (non-hydrogen) atoms. The lowest BCUT2D eigenvalue weighted by atomic mass is 10.1. The smallest absolute Gasteiger partial charge is 0.223 e. The quantitative estimate of drug-likeness (QED) is 0.891. The van der Waals surface area contributed by atoms with Gasteiger partial charge in [0.1, 0.15) is 5.75 Å². The molecule has 1 aromatic heterocycles. The van der Waals surface area contributed by atoms with E-state index in [1.807, 2.05) is 51.1 Å². The highest BCUT2D eigenvalue weighted by molar-refractivity contribution is 5.75. The highest BCUT2D eigenvalue weighted by Gasteiger charge is 2.04. The first-order valence-electron chi connectivity index (χ1n) is 7.43. The van der Waals surface area contributed by atoms with Gasteiger partial charge in [0.15, 0.2) is 0 Å². The van der Waals surface area contributed by atoms with E-state index in [4.69, 9.17) is 4.74 Å². The van der Waals surface area contributed by atoms with Crippen molar-refractivity contribution in [3.05, 3.63) is 58.9 Å². The molecule has 2 rings (SSSR count). The second-order valence-corrected chi connectivity index (χ2v) is 5.47. The molecule has 0 aliphatic heterocycles. The van der Waals surface area contributed by atoms with Crippen molar-refractivity contribution in [2.24, 2.45) is 0 Å². The van der Waals surface area contributed by atoms with Gasteiger partial charge in [-0.2, -0.15) is 0 Å². The van der Waals surface area contributed by atoms with Crippen LogP contribution in [0.2, 0.25) is 0 Å². The SMILES string of the molecule is Cc1cc(C)cc(OCCC(=O)NCc2cccc(C)n2)c1. The first-order chi connectivity index (χ1) is 10.5. The Kier molecular flexibility index (Phi) is 5.53. The topological polar surface area (TPSA) is 51.2 Å². The van der Waals surface area contributed by atoms with Crippen LogP contribution in [0.5, 0.6) is 5.75 Å². The molecule has 0 bridgehead atoms. The van der Waals surface area contributed by atoms with Crippen LogP contribution < -0.4 is 10.1 Å². The van der Waals surface area contributed by atoms with Gasteiger partial charge in [-0.3, -0.25) is 9.78 Å². The van der Waals surface area contributed by atoms with E-state index in [9.17, 15) is 4.79 Å². The number of ether oxygens (including phenoxy) is 1. The maximum Gasteiger partial charge on any atom is 0.223 e. The van der Waals surface area contributed by atoms with Crippen molar-refractivity contribution >= 4 is 5.91 Å². The second kappa shape index (κ2) is 7.59. The number of nitrogens with zero attached hydrogens (tertiary/aromatic N) is 1.